The van der Waals surface area contributed by atoms with Crippen LogP contribution in [0.3, 0.4) is 0 Å². The standard InChI is InChI=1S/C8H17ClO2/c1-3-4-5-7(9)8(11)6(2)10/h6-8,10-11H,3-5H2,1-2H3/t6-,7+,8-/m0/s1. The summed E-state index contributed by atoms with van der Waals surface area (Å²) < 4.78 is 0. The van der Waals surface area contributed by atoms with Gasteiger partial charge in [0.05, 0.1) is 17.6 Å². The van der Waals surface area contributed by atoms with Gasteiger partial charge in [-0.3, -0.25) is 0 Å². The molecule has 2 N–H and O–H groups in total. The fourth-order valence-corrected chi connectivity index (χ4v) is 1.24. The summed E-state index contributed by atoms with van der Waals surface area (Å²) in [5.74, 6) is 0. The Kier molecular flexibility index (Phi) is 5.92. The number of unbranched alkanes of at least 4 members (excludes halogenated alkanes) is 1. The van der Waals surface area contributed by atoms with Crippen molar-refractivity contribution in [2.75, 3.05) is 0 Å². The molecule has 0 saturated heterocycles. The lowest BCUT2D eigenvalue weighted by molar-refractivity contribution is 0.0274. The monoisotopic (exact) mass is 180 g/mol. The van der Waals surface area contributed by atoms with Gasteiger partial charge in [0.25, 0.3) is 0 Å². The molecule has 0 aliphatic rings. The van der Waals surface area contributed by atoms with Gasteiger partial charge in [0.15, 0.2) is 0 Å². The molecule has 0 saturated carbocycles. The van der Waals surface area contributed by atoms with Crippen LogP contribution in [0.2, 0.25) is 0 Å². The number of rotatable bonds is 5. The molecule has 0 aromatic rings. The van der Waals surface area contributed by atoms with E-state index in [4.69, 9.17) is 16.7 Å². The van der Waals surface area contributed by atoms with Crippen molar-refractivity contribution in [2.45, 2.75) is 50.7 Å². The molecule has 0 amide bonds. The average Bonchev–Trinajstić information content (AvgIpc) is 1.98. The normalized spacial score (nSPS) is 19.4. The minimum atomic E-state index is -0.789. The zero-order chi connectivity index (χ0) is 8.85. The summed E-state index contributed by atoms with van der Waals surface area (Å²) in [5, 5.41) is 17.9. The van der Waals surface area contributed by atoms with Crippen molar-refractivity contribution >= 4 is 11.6 Å². The lowest BCUT2D eigenvalue weighted by Crippen LogP contribution is -2.31. The van der Waals surface area contributed by atoms with Crippen LogP contribution in [0, 0.1) is 0 Å². The van der Waals surface area contributed by atoms with E-state index >= 15 is 0 Å². The molecule has 0 unspecified atom stereocenters. The summed E-state index contributed by atoms with van der Waals surface area (Å²) in [6.45, 7) is 3.62. The molecule has 0 bridgehead atoms. The van der Waals surface area contributed by atoms with E-state index in [9.17, 15) is 5.11 Å². The molecule has 68 valence electrons. The third-order valence-corrected chi connectivity index (χ3v) is 2.17. The number of aliphatic hydroxyl groups excluding tert-OH is 2. The molecule has 0 rings (SSSR count). The van der Waals surface area contributed by atoms with E-state index in [1.54, 1.807) is 6.92 Å². The lowest BCUT2D eigenvalue weighted by Gasteiger charge is -2.18. The molecule has 2 nitrogen and oxygen atoms in total. The second-order valence-corrected chi connectivity index (χ2v) is 3.45. The molecule has 0 aromatic carbocycles. The van der Waals surface area contributed by atoms with Gasteiger partial charge in [0, 0.05) is 0 Å². The first-order chi connectivity index (χ1) is 5.09. The molecular weight excluding hydrogens is 164 g/mol. The summed E-state index contributed by atoms with van der Waals surface area (Å²) in [6, 6.07) is 0. The summed E-state index contributed by atoms with van der Waals surface area (Å²) >= 11 is 5.80. The van der Waals surface area contributed by atoms with Crippen molar-refractivity contribution < 1.29 is 10.2 Å². The molecule has 0 spiro atoms. The number of hydrogen-bond donors (Lipinski definition) is 2. The highest BCUT2D eigenvalue weighted by Gasteiger charge is 2.20. The Bertz CT molecular complexity index is 96.1. The summed E-state index contributed by atoms with van der Waals surface area (Å²) in [5.41, 5.74) is 0. The average molecular weight is 181 g/mol. The van der Waals surface area contributed by atoms with Crippen LogP contribution in [-0.2, 0) is 0 Å². The minimum absolute atomic E-state index is 0.310. The number of halogens is 1. The first-order valence-electron chi connectivity index (χ1n) is 4.09. The molecule has 0 aliphatic heterocycles. The van der Waals surface area contributed by atoms with E-state index in [1.807, 2.05) is 0 Å². The van der Waals surface area contributed by atoms with Crippen LogP contribution in [0.15, 0.2) is 0 Å². The van der Waals surface area contributed by atoms with Crippen molar-refractivity contribution in [3.63, 3.8) is 0 Å². The summed E-state index contributed by atoms with van der Waals surface area (Å²) in [7, 11) is 0. The van der Waals surface area contributed by atoms with Gasteiger partial charge >= 0.3 is 0 Å². The van der Waals surface area contributed by atoms with Crippen LogP contribution in [0.4, 0.5) is 0 Å². The van der Waals surface area contributed by atoms with E-state index in [1.165, 1.54) is 0 Å². The van der Waals surface area contributed by atoms with Crippen LogP contribution >= 0.6 is 11.6 Å². The largest absolute Gasteiger partial charge is 0.391 e. The minimum Gasteiger partial charge on any atom is -0.391 e. The van der Waals surface area contributed by atoms with Crippen LogP contribution < -0.4 is 0 Å². The zero-order valence-corrected chi connectivity index (χ0v) is 7.88. The SMILES string of the molecule is CCCC[C@@H](Cl)[C@@H](O)[C@H](C)O. The van der Waals surface area contributed by atoms with E-state index < -0.39 is 12.2 Å². The van der Waals surface area contributed by atoms with Gasteiger partial charge in [-0.05, 0) is 13.3 Å². The van der Waals surface area contributed by atoms with Gasteiger partial charge in [-0.15, -0.1) is 11.6 Å². The highest BCUT2D eigenvalue weighted by molar-refractivity contribution is 6.21. The van der Waals surface area contributed by atoms with Gasteiger partial charge in [0.1, 0.15) is 0 Å². The van der Waals surface area contributed by atoms with Crippen molar-refractivity contribution in [3.8, 4) is 0 Å². The molecule has 0 radical (unpaired) electrons. The molecule has 3 heteroatoms. The summed E-state index contributed by atoms with van der Waals surface area (Å²) in [6.07, 6.45) is 1.32. The molecule has 11 heavy (non-hydrogen) atoms. The molecule has 0 fully saturated rings. The maximum absolute atomic E-state index is 9.24. The van der Waals surface area contributed by atoms with Crippen LogP contribution in [0.25, 0.3) is 0 Å². The quantitative estimate of drug-likeness (QED) is 0.630. The molecule has 0 aromatic heterocycles. The van der Waals surface area contributed by atoms with E-state index in [-0.39, 0.29) is 5.38 Å². The molecule has 3 atom stereocenters. The predicted molar refractivity (Wildman–Crippen MR) is 46.9 cm³/mol. The Morgan fingerprint density at radius 2 is 1.91 bits per heavy atom. The topological polar surface area (TPSA) is 40.5 Å². The van der Waals surface area contributed by atoms with Crippen molar-refractivity contribution in [2.24, 2.45) is 0 Å². The summed E-state index contributed by atoms with van der Waals surface area (Å²) in [4.78, 5) is 0. The third-order valence-electron chi connectivity index (χ3n) is 1.70. The second-order valence-electron chi connectivity index (χ2n) is 2.89. The van der Waals surface area contributed by atoms with Gasteiger partial charge in [0.2, 0.25) is 0 Å². The Labute approximate surface area is 73.2 Å². The number of aliphatic hydroxyl groups is 2. The lowest BCUT2D eigenvalue weighted by atomic mass is 10.1. The first kappa shape index (κ1) is 11.2. The van der Waals surface area contributed by atoms with Gasteiger partial charge in [-0.25, -0.2) is 0 Å². The maximum atomic E-state index is 9.24. The highest BCUT2D eigenvalue weighted by atomic mass is 35.5. The smallest absolute Gasteiger partial charge is 0.0959 e. The van der Waals surface area contributed by atoms with E-state index in [0.29, 0.717) is 0 Å². The Hall–Kier alpha value is 0.210. The van der Waals surface area contributed by atoms with Crippen molar-refractivity contribution in [3.05, 3.63) is 0 Å². The van der Waals surface area contributed by atoms with Crippen molar-refractivity contribution in [1.29, 1.82) is 0 Å². The fraction of sp³-hybridized carbons (Fsp3) is 1.00. The zero-order valence-electron chi connectivity index (χ0n) is 7.13. The Balaban J connectivity index is 3.55. The first-order valence-corrected chi connectivity index (χ1v) is 4.53. The van der Waals surface area contributed by atoms with Crippen molar-refractivity contribution in [1.82, 2.24) is 0 Å². The molecular formula is C8H17ClO2. The van der Waals surface area contributed by atoms with Gasteiger partial charge in [-0.1, -0.05) is 19.8 Å². The maximum Gasteiger partial charge on any atom is 0.0959 e. The third kappa shape index (κ3) is 4.62. The Morgan fingerprint density at radius 3 is 2.27 bits per heavy atom. The van der Waals surface area contributed by atoms with Crippen LogP contribution in [-0.4, -0.2) is 27.8 Å². The predicted octanol–water partition coefficient (Wildman–Crippen LogP) is 1.53. The van der Waals surface area contributed by atoms with Crippen LogP contribution in [0.5, 0.6) is 0 Å². The Morgan fingerprint density at radius 1 is 1.36 bits per heavy atom. The van der Waals surface area contributed by atoms with Gasteiger partial charge in [-0.2, -0.15) is 0 Å². The van der Waals surface area contributed by atoms with Crippen LogP contribution in [0.1, 0.15) is 33.1 Å². The van der Waals surface area contributed by atoms with Gasteiger partial charge < -0.3 is 10.2 Å². The fourth-order valence-electron chi connectivity index (χ4n) is 0.872. The number of alkyl halides is 1. The highest BCUT2D eigenvalue weighted by Crippen LogP contribution is 2.14. The number of hydrogen-bond acceptors (Lipinski definition) is 2. The second kappa shape index (κ2) is 5.81. The molecule has 0 heterocycles. The molecule has 0 aliphatic carbocycles. The van der Waals surface area contributed by atoms with E-state index in [0.717, 1.165) is 19.3 Å². The van der Waals surface area contributed by atoms with E-state index in [2.05, 4.69) is 6.92 Å².